The molecule has 0 saturated heterocycles. The maximum Gasteiger partial charge on any atom is 0.262 e. The minimum atomic E-state index is -0.941. The van der Waals surface area contributed by atoms with Gasteiger partial charge in [-0.3, -0.25) is 10.1 Å². The molecule has 7 heteroatoms. The molecule has 1 aromatic carbocycles. The fraction of sp³-hybridized carbons (Fsp3) is 0.273. The van der Waals surface area contributed by atoms with Gasteiger partial charge in [0.05, 0.1) is 11.0 Å². The molecule has 0 bridgehead atoms. The summed E-state index contributed by atoms with van der Waals surface area (Å²) in [5, 5.41) is 19.3. The molecule has 0 radical (unpaired) electrons. The molecule has 2 rings (SSSR count). The summed E-state index contributed by atoms with van der Waals surface area (Å²) in [5.41, 5.74) is -0.391. The zero-order valence-electron chi connectivity index (χ0n) is 9.05. The molecule has 96 valence electrons. The molecule has 0 saturated carbocycles. The van der Waals surface area contributed by atoms with E-state index in [9.17, 15) is 24.0 Å². The highest BCUT2D eigenvalue weighted by molar-refractivity contribution is 7.99. The van der Waals surface area contributed by atoms with E-state index in [4.69, 9.17) is 0 Å². The minimum Gasteiger partial charge on any atom is -0.388 e. The first-order valence-electron chi connectivity index (χ1n) is 5.09. The lowest BCUT2D eigenvalue weighted by molar-refractivity contribution is -0.428. The van der Waals surface area contributed by atoms with Gasteiger partial charge < -0.3 is 5.11 Å². The Morgan fingerprint density at radius 3 is 2.83 bits per heavy atom. The second-order valence-corrected chi connectivity index (χ2v) is 4.93. The molecule has 0 spiro atoms. The summed E-state index contributed by atoms with van der Waals surface area (Å²) in [6, 6.07) is 2.84. The molecule has 1 aromatic rings. The lowest BCUT2D eigenvalue weighted by atomic mass is 10.1. The first-order valence-corrected chi connectivity index (χ1v) is 6.14. The zero-order valence-corrected chi connectivity index (χ0v) is 9.86. The van der Waals surface area contributed by atoms with E-state index in [1.807, 2.05) is 0 Å². The van der Waals surface area contributed by atoms with Gasteiger partial charge in [-0.1, -0.05) is 0 Å². The molecule has 1 heterocycles. The molecular formula is C11H9F2NO3S. The fourth-order valence-corrected chi connectivity index (χ4v) is 2.92. The van der Waals surface area contributed by atoms with Crippen molar-refractivity contribution < 1.29 is 18.8 Å². The van der Waals surface area contributed by atoms with E-state index >= 15 is 0 Å². The van der Waals surface area contributed by atoms with Crippen LogP contribution in [-0.2, 0) is 0 Å². The second kappa shape index (κ2) is 5.03. The maximum absolute atomic E-state index is 13.6. The lowest BCUT2D eigenvalue weighted by Crippen LogP contribution is -2.21. The van der Waals surface area contributed by atoms with Crippen molar-refractivity contribution in [3.63, 3.8) is 0 Å². The Morgan fingerprint density at radius 1 is 1.44 bits per heavy atom. The second-order valence-electron chi connectivity index (χ2n) is 3.80. The van der Waals surface area contributed by atoms with E-state index in [-0.39, 0.29) is 17.0 Å². The first kappa shape index (κ1) is 13.0. The highest BCUT2D eigenvalue weighted by Gasteiger charge is 2.34. The van der Waals surface area contributed by atoms with Crippen LogP contribution in [0.25, 0.3) is 0 Å². The van der Waals surface area contributed by atoms with Crippen LogP contribution in [0.1, 0.15) is 10.8 Å². The normalized spacial score (nSPS) is 23.6. The summed E-state index contributed by atoms with van der Waals surface area (Å²) in [7, 11) is 0. The van der Waals surface area contributed by atoms with Crippen molar-refractivity contribution in [3.8, 4) is 0 Å². The topological polar surface area (TPSA) is 63.4 Å². The number of aliphatic hydroxyl groups is 1. The van der Waals surface area contributed by atoms with Crippen molar-refractivity contribution in [2.24, 2.45) is 0 Å². The average molecular weight is 273 g/mol. The third-order valence-electron chi connectivity index (χ3n) is 2.52. The average Bonchev–Trinajstić information content (AvgIpc) is 2.32. The van der Waals surface area contributed by atoms with E-state index in [0.717, 1.165) is 36.0 Å². The molecule has 2 atom stereocenters. The van der Waals surface area contributed by atoms with Gasteiger partial charge in [0.1, 0.15) is 16.9 Å². The Labute approximate surface area is 105 Å². The molecule has 1 N–H and O–H groups in total. The standard InChI is InChI=1S/C11H9F2NO3S/c12-6-1-2-9(13)8(3-6)11-10(14(16)17)4-7(15)5-18-11/h1-4,7,11,15H,5H2. The van der Waals surface area contributed by atoms with Crippen LogP contribution < -0.4 is 0 Å². The molecule has 1 aliphatic rings. The van der Waals surface area contributed by atoms with E-state index in [1.165, 1.54) is 0 Å². The van der Waals surface area contributed by atoms with E-state index in [2.05, 4.69) is 0 Å². The Kier molecular flexibility index (Phi) is 3.63. The Balaban J connectivity index is 2.46. The van der Waals surface area contributed by atoms with Crippen LogP contribution >= 0.6 is 11.8 Å². The molecule has 1 aliphatic heterocycles. The molecule has 0 fully saturated rings. The summed E-state index contributed by atoms with van der Waals surface area (Å²) in [5.74, 6) is -1.14. The molecule has 18 heavy (non-hydrogen) atoms. The van der Waals surface area contributed by atoms with Gasteiger partial charge in [0.2, 0.25) is 0 Å². The van der Waals surface area contributed by atoms with Gasteiger partial charge in [-0.05, 0) is 18.2 Å². The number of thioether (sulfide) groups is 1. The summed E-state index contributed by atoms with van der Waals surface area (Å²) in [4.78, 5) is 10.2. The Morgan fingerprint density at radius 2 is 2.17 bits per heavy atom. The number of nitro groups is 1. The number of hydrogen-bond donors (Lipinski definition) is 1. The van der Waals surface area contributed by atoms with Crippen molar-refractivity contribution in [1.82, 2.24) is 0 Å². The maximum atomic E-state index is 13.6. The highest BCUT2D eigenvalue weighted by Crippen LogP contribution is 2.41. The van der Waals surface area contributed by atoms with Crippen LogP contribution in [0.3, 0.4) is 0 Å². The number of benzene rings is 1. The number of halogens is 2. The smallest absolute Gasteiger partial charge is 0.262 e. The largest absolute Gasteiger partial charge is 0.388 e. The summed E-state index contributed by atoms with van der Waals surface area (Å²) < 4.78 is 26.7. The van der Waals surface area contributed by atoms with Gasteiger partial charge in [0.15, 0.2) is 0 Å². The summed E-state index contributed by atoms with van der Waals surface area (Å²) in [6.45, 7) is 0. The summed E-state index contributed by atoms with van der Waals surface area (Å²) in [6.07, 6.45) is 0.133. The fourth-order valence-electron chi connectivity index (χ4n) is 1.73. The van der Waals surface area contributed by atoms with Crippen LogP contribution in [0.5, 0.6) is 0 Å². The first-order chi connectivity index (χ1) is 8.49. The van der Waals surface area contributed by atoms with E-state index in [1.54, 1.807) is 0 Å². The van der Waals surface area contributed by atoms with Crippen molar-refractivity contribution in [1.29, 1.82) is 0 Å². The molecular weight excluding hydrogens is 264 g/mol. The lowest BCUT2D eigenvalue weighted by Gasteiger charge is -2.21. The van der Waals surface area contributed by atoms with Crippen LogP contribution in [0, 0.1) is 21.7 Å². The molecule has 0 aliphatic carbocycles. The number of hydrogen-bond acceptors (Lipinski definition) is 4. The van der Waals surface area contributed by atoms with Gasteiger partial charge >= 0.3 is 0 Å². The monoisotopic (exact) mass is 273 g/mol. The van der Waals surface area contributed by atoms with Gasteiger partial charge in [0, 0.05) is 17.4 Å². The molecule has 4 nitrogen and oxygen atoms in total. The SMILES string of the molecule is O=[N+]([O-])C1=CC(O)CSC1c1cc(F)ccc1F. The highest BCUT2D eigenvalue weighted by atomic mass is 32.2. The van der Waals surface area contributed by atoms with Gasteiger partial charge in [-0.15, -0.1) is 11.8 Å². The minimum absolute atomic E-state index is 0.0742. The van der Waals surface area contributed by atoms with Gasteiger partial charge in [0.25, 0.3) is 5.70 Å². The summed E-state index contributed by atoms with van der Waals surface area (Å²) >= 11 is 1.02. The van der Waals surface area contributed by atoms with Crippen molar-refractivity contribution in [2.45, 2.75) is 11.4 Å². The van der Waals surface area contributed by atoms with Crippen LogP contribution in [-0.4, -0.2) is 21.9 Å². The van der Waals surface area contributed by atoms with Crippen LogP contribution in [0.2, 0.25) is 0 Å². The number of rotatable bonds is 2. The third-order valence-corrected chi connectivity index (χ3v) is 3.88. The molecule has 0 aromatic heterocycles. The predicted molar refractivity (Wildman–Crippen MR) is 62.6 cm³/mol. The van der Waals surface area contributed by atoms with E-state index in [0.29, 0.717) is 0 Å². The number of aliphatic hydroxyl groups excluding tert-OH is 1. The van der Waals surface area contributed by atoms with Crippen molar-refractivity contribution >= 4 is 11.8 Å². The van der Waals surface area contributed by atoms with E-state index < -0.39 is 27.9 Å². The van der Waals surface area contributed by atoms with Crippen LogP contribution in [0.15, 0.2) is 30.0 Å². The van der Waals surface area contributed by atoms with Gasteiger partial charge in [-0.2, -0.15) is 0 Å². The Bertz CT molecular complexity index is 521. The quantitative estimate of drug-likeness (QED) is 0.663. The van der Waals surface area contributed by atoms with Crippen molar-refractivity contribution in [2.75, 3.05) is 5.75 Å². The number of nitrogens with zero attached hydrogens (tertiary/aromatic N) is 1. The van der Waals surface area contributed by atoms with Crippen molar-refractivity contribution in [3.05, 3.63) is 57.3 Å². The van der Waals surface area contributed by atoms with Gasteiger partial charge in [-0.25, -0.2) is 8.78 Å². The zero-order chi connectivity index (χ0) is 13.3. The predicted octanol–water partition coefficient (Wildman–Crippen LogP) is 2.27. The van der Waals surface area contributed by atoms with Crippen LogP contribution in [0.4, 0.5) is 8.78 Å². The molecule has 2 unspecified atom stereocenters. The third kappa shape index (κ3) is 2.51. The molecule has 0 amide bonds. The Hall–Kier alpha value is -1.47.